The Morgan fingerprint density at radius 2 is 1.28 bits per heavy atom. The monoisotopic (exact) mass is 408 g/mol. The van der Waals surface area contributed by atoms with E-state index in [9.17, 15) is 14.7 Å². The van der Waals surface area contributed by atoms with E-state index in [2.05, 4.69) is 5.43 Å². The van der Waals surface area contributed by atoms with Gasteiger partial charge in [0.05, 0.1) is 5.69 Å². The third-order valence-electron chi connectivity index (χ3n) is 4.50. The molecule has 0 unspecified atom stereocenters. The number of aliphatic hydroxyl groups is 1. The lowest BCUT2D eigenvalue weighted by Crippen LogP contribution is -2.55. The lowest BCUT2D eigenvalue weighted by atomic mass is 9.85. The van der Waals surface area contributed by atoms with Crippen molar-refractivity contribution < 1.29 is 14.7 Å². The number of carbonyl (C=O) groups is 2. The van der Waals surface area contributed by atoms with Gasteiger partial charge in [0.1, 0.15) is 5.38 Å². The molecule has 0 aliphatic rings. The first-order valence-corrected chi connectivity index (χ1v) is 9.56. The predicted molar refractivity (Wildman–Crippen MR) is 113 cm³/mol. The third-order valence-corrected chi connectivity index (χ3v) is 4.69. The zero-order chi connectivity index (χ0) is 20.9. The van der Waals surface area contributed by atoms with Crippen LogP contribution in [0.3, 0.4) is 0 Å². The smallest absolute Gasteiger partial charge is 0.280 e. The number of halogens is 1. The number of rotatable bonds is 5. The van der Waals surface area contributed by atoms with E-state index in [0.717, 1.165) is 5.01 Å². The number of amides is 2. The van der Waals surface area contributed by atoms with E-state index in [1.807, 2.05) is 0 Å². The van der Waals surface area contributed by atoms with Gasteiger partial charge < -0.3 is 5.11 Å². The van der Waals surface area contributed by atoms with Gasteiger partial charge >= 0.3 is 0 Å². The average molecular weight is 409 g/mol. The highest BCUT2D eigenvalue weighted by atomic mass is 35.5. The van der Waals surface area contributed by atoms with E-state index >= 15 is 0 Å². The Hall–Kier alpha value is -3.15. The molecule has 0 fully saturated rings. The number of nitrogens with one attached hydrogen (secondary N) is 1. The molecule has 148 valence electrons. The second kappa shape index (κ2) is 8.90. The minimum Gasteiger partial charge on any atom is -0.372 e. The number of carbonyl (C=O) groups excluding carboxylic acids is 2. The fourth-order valence-electron chi connectivity index (χ4n) is 2.97. The molecule has 0 saturated carbocycles. The molecule has 0 spiro atoms. The second-order valence-electron chi connectivity index (χ2n) is 6.51. The highest BCUT2D eigenvalue weighted by Gasteiger charge is 2.41. The fraction of sp³-hybridized carbons (Fsp3) is 0.130. The van der Waals surface area contributed by atoms with Crippen molar-refractivity contribution >= 4 is 29.1 Å². The molecular formula is C23H21ClN2O3. The summed E-state index contributed by atoms with van der Waals surface area (Å²) in [5.74, 6) is -1.29. The molecule has 3 aromatic rings. The summed E-state index contributed by atoms with van der Waals surface area (Å²) in [6, 6.07) is 25.8. The van der Waals surface area contributed by atoms with Crippen molar-refractivity contribution in [3.8, 4) is 0 Å². The van der Waals surface area contributed by atoms with E-state index in [4.69, 9.17) is 11.6 Å². The van der Waals surface area contributed by atoms with Gasteiger partial charge in [0.15, 0.2) is 5.60 Å². The first kappa shape index (κ1) is 20.6. The van der Waals surface area contributed by atoms with Gasteiger partial charge in [0, 0.05) is 0 Å². The van der Waals surface area contributed by atoms with E-state index in [1.54, 1.807) is 91.0 Å². The SMILES string of the molecule is C[C@@H](Cl)C(=O)N(NC(=O)C(O)(c1ccccc1)c1ccccc1)c1ccccc1. The van der Waals surface area contributed by atoms with Crippen molar-refractivity contribution in [3.63, 3.8) is 0 Å². The first-order chi connectivity index (χ1) is 13.9. The van der Waals surface area contributed by atoms with Gasteiger partial charge in [-0.05, 0) is 30.2 Å². The Balaban J connectivity index is 2.04. The molecule has 3 rings (SSSR count). The molecule has 2 N–H and O–H groups in total. The van der Waals surface area contributed by atoms with Crippen molar-refractivity contribution in [3.05, 3.63) is 102 Å². The summed E-state index contributed by atoms with van der Waals surface area (Å²) < 4.78 is 0. The molecule has 0 saturated heterocycles. The van der Waals surface area contributed by atoms with Crippen LogP contribution in [0.4, 0.5) is 5.69 Å². The van der Waals surface area contributed by atoms with Crippen molar-refractivity contribution in [1.82, 2.24) is 5.43 Å². The Bertz CT molecular complexity index is 924. The van der Waals surface area contributed by atoms with Gasteiger partial charge in [0.2, 0.25) is 0 Å². The summed E-state index contributed by atoms with van der Waals surface area (Å²) in [6.45, 7) is 1.52. The largest absolute Gasteiger partial charge is 0.372 e. The normalized spacial score (nSPS) is 12.1. The van der Waals surface area contributed by atoms with Crippen LogP contribution in [0.25, 0.3) is 0 Å². The van der Waals surface area contributed by atoms with Crippen molar-refractivity contribution in [1.29, 1.82) is 0 Å². The Kier molecular flexibility index (Phi) is 6.32. The van der Waals surface area contributed by atoms with Crippen LogP contribution in [0.1, 0.15) is 18.1 Å². The highest BCUT2D eigenvalue weighted by Crippen LogP contribution is 2.30. The van der Waals surface area contributed by atoms with Crippen LogP contribution in [-0.4, -0.2) is 22.3 Å². The predicted octanol–water partition coefficient (Wildman–Crippen LogP) is 3.61. The summed E-state index contributed by atoms with van der Waals surface area (Å²) >= 11 is 6.00. The topological polar surface area (TPSA) is 69.6 Å². The number of hydrazine groups is 1. The first-order valence-electron chi connectivity index (χ1n) is 9.12. The van der Waals surface area contributed by atoms with Crippen LogP contribution in [0.2, 0.25) is 0 Å². The van der Waals surface area contributed by atoms with Crippen LogP contribution in [0, 0.1) is 0 Å². The molecule has 29 heavy (non-hydrogen) atoms. The van der Waals surface area contributed by atoms with Crippen molar-refractivity contribution in [2.24, 2.45) is 0 Å². The number of hydrogen-bond acceptors (Lipinski definition) is 3. The summed E-state index contributed by atoms with van der Waals surface area (Å²) in [5, 5.41) is 11.7. The number of para-hydroxylation sites is 1. The molecule has 0 heterocycles. The molecular weight excluding hydrogens is 388 g/mol. The molecule has 0 bridgehead atoms. The maximum atomic E-state index is 13.4. The summed E-state index contributed by atoms with van der Waals surface area (Å²) in [7, 11) is 0. The summed E-state index contributed by atoms with van der Waals surface area (Å²) in [6.07, 6.45) is 0. The lowest BCUT2D eigenvalue weighted by molar-refractivity contribution is -0.138. The minimum atomic E-state index is -2.01. The average Bonchev–Trinajstić information content (AvgIpc) is 2.78. The zero-order valence-corrected chi connectivity index (χ0v) is 16.6. The Labute approximate surface area is 174 Å². The van der Waals surface area contributed by atoms with Gasteiger partial charge in [0.25, 0.3) is 11.8 Å². The van der Waals surface area contributed by atoms with Crippen LogP contribution in [0.15, 0.2) is 91.0 Å². The van der Waals surface area contributed by atoms with E-state index in [-0.39, 0.29) is 0 Å². The van der Waals surface area contributed by atoms with Crippen LogP contribution >= 0.6 is 11.6 Å². The molecule has 0 aliphatic heterocycles. The second-order valence-corrected chi connectivity index (χ2v) is 7.16. The number of alkyl halides is 1. The van der Waals surface area contributed by atoms with Gasteiger partial charge in [-0.1, -0.05) is 78.9 Å². The Morgan fingerprint density at radius 3 is 1.69 bits per heavy atom. The lowest BCUT2D eigenvalue weighted by Gasteiger charge is -2.32. The quantitative estimate of drug-likeness (QED) is 0.500. The van der Waals surface area contributed by atoms with E-state index < -0.39 is 22.8 Å². The molecule has 6 heteroatoms. The maximum Gasteiger partial charge on any atom is 0.280 e. The number of nitrogens with zero attached hydrogens (tertiary/aromatic N) is 1. The zero-order valence-electron chi connectivity index (χ0n) is 15.8. The minimum absolute atomic E-state index is 0.378. The molecule has 0 radical (unpaired) electrons. The van der Waals surface area contributed by atoms with Gasteiger partial charge in [-0.2, -0.15) is 0 Å². The van der Waals surface area contributed by atoms with E-state index in [1.165, 1.54) is 6.92 Å². The van der Waals surface area contributed by atoms with Crippen LogP contribution in [-0.2, 0) is 15.2 Å². The maximum absolute atomic E-state index is 13.4. The third kappa shape index (κ3) is 4.31. The summed E-state index contributed by atoms with van der Waals surface area (Å²) in [5.41, 5.74) is 1.74. The van der Waals surface area contributed by atoms with Crippen LogP contribution in [0.5, 0.6) is 0 Å². The highest BCUT2D eigenvalue weighted by molar-refractivity contribution is 6.32. The van der Waals surface area contributed by atoms with Gasteiger partial charge in [-0.25, -0.2) is 5.01 Å². The molecule has 0 aliphatic carbocycles. The number of benzene rings is 3. The van der Waals surface area contributed by atoms with Crippen molar-refractivity contribution in [2.75, 3.05) is 5.01 Å². The summed E-state index contributed by atoms with van der Waals surface area (Å²) in [4.78, 5) is 26.1. The van der Waals surface area contributed by atoms with Gasteiger partial charge in [-0.15, -0.1) is 11.6 Å². The standard InChI is InChI=1S/C23H21ClN2O3/c1-17(24)21(27)26(20-15-9-4-10-16-20)25-22(28)23(29,18-11-5-2-6-12-18)19-13-7-3-8-14-19/h2-17,29H,1H3,(H,25,28)/t17-/m1/s1. The molecule has 2 amide bonds. The fourth-order valence-corrected chi connectivity index (χ4v) is 3.07. The van der Waals surface area contributed by atoms with Gasteiger partial charge in [-0.3, -0.25) is 15.0 Å². The number of hydrogen-bond donors (Lipinski definition) is 2. The number of anilines is 1. The molecule has 1 atom stereocenters. The molecule has 0 aromatic heterocycles. The molecule has 5 nitrogen and oxygen atoms in total. The van der Waals surface area contributed by atoms with E-state index in [0.29, 0.717) is 16.8 Å². The van der Waals surface area contributed by atoms with Crippen LogP contribution < -0.4 is 10.4 Å². The van der Waals surface area contributed by atoms with Crippen molar-refractivity contribution in [2.45, 2.75) is 17.9 Å². The molecule has 3 aromatic carbocycles. The Morgan fingerprint density at radius 1 is 0.862 bits per heavy atom.